The minimum absolute atomic E-state index is 0.329. The smallest absolute Gasteiger partial charge is 0.0375 e. The summed E-state index contributed by atoms with van der Waals surface area (Å²) in [5, 5.41) is 3.58. The number of anilines is 2. The number of nitrogens with two attached hydrogens (primary N) is 1. The molecule has 3 heteroatoms. The molecule has 0 aliphatic heterocycles. The summed E-state index contributed by atoms with van der Waals surface area (Å²) in [6.45, 7) is 3.07. The van der Waals surface area contributed by atoms with Crippen molar-refractivity contribution in [1.82, 2.24) is 4.90 Å². The van der Waals surface area contributed by atoms with Crippen LogP contribution < -0.4 is 11.1 Å². The summed E-state index contributed by atoms with van der Waals surface area (Å²) in [6.07, 6.45) is 5.28. The first-order valence-corrected chi connectivity index (χ1v) is 6.81. The van der Waals surface area contributed by atoms with Gasteiger partial charge in [-0.3, -0.25) is 0 Å². The van der Waals surface area contributed by atoms with Gasteiger partial charge in [-0.15, -0.1) is 0 Å². The van der Waals surface area contributed by atoms with Gasteiger partial charge in [-0.25, -0.2) is 0 Å². The molecule has 0 heterocycles. The van der Waals surface area contributed by atoms with E-state index in [1.165, 1.54) is 31.4 Å². The van der Waals surface area contributed by atoms with Crippen LogP contribution in [0.3, 0.4) is 0 Å². The molecule has 18 heavy (non-hydrogen) atoms. The molecule has 2 rings (SSSR count). The largest absolute Gasteiger partial charge is 0.399 e. The fraction of sp³-hybridized carbons (Fsp3) is 0.600. The van der Waals surface area contributed by atoms with Gasteiger partial charge < -0.3 is 16.0 Å². The van der Waals surface area contributed by atoms with E-state index in [0.717, 1.165) is 17.8 Å². The first kappa shape index (κ1) is 13.2. The zero-order valence-corrected chi connectivity index (χ0v) is 11.8. The van der Waals surface area contributed by atoms with Gasteiger partial charge in [0.15, 0.2) is 0 Å². The molecule has 0 amide bonds. The Hall–Kier alpha value is -1.22. The molecule has 0 unspecified atom stereocenters. The molecule has 0 aromatic heterocycles. The van der Waals surface area contributed by atoms with Crippen molar-refractivity contribution in [2.24, 2.45) is 0 Å². The van der Waals surface area contributed by atoms with Crippen molar-refractivity contribution in [1.29, 1.82) is 0 Å². The zero-order chi connectivity index (χ0) is 13.2. The van der Waals surface area contributed by atoms with Gasteiger partial charge in [-0.05, 0) is 57.6 Å². The molecule has 1 aliphatic carbocycles. The van der Waals surface area contributed by atoms with Gasteiger partial charge in [0.05, 0.1) is 0 Å². The lowest BCUT2D eigenvalue weighted by Gasteiger charge is -2.36. The fourth-order valence-corrected chi connectivity index (χ4v) is 2.87. The van der Waals surface area contributed by atoms with E-state index in [2.05, 4.69) is 43.4 Å². The van der Waals surface area contributed by atoms with Gasteiger partial charge >= 0.3 is 0 Å². The number of likely N-dealkylation sites (N-methyl/N-ethyl adjacent to an activating group) is 1. The van der Waals surface area contributed by atoms with E-state index in [0.29, 0.717) is 5.54 Å². The average Bonchev–Trinajstić information content (AvgIpc) is 2.81. The number of hydrogen-bond acceptors (Lipinski definition) is 3. The highest BCUT2D eigenvalue weighted by Gasteiger charge is 2.35. The Kier molecular flexibility index (Phi) is 3.81. The van der Waals surface area contributed by atoms with Gasteiger partial charge in [0, 0.05) is 23.5 Å². The third kappa shape index (κ3) is 2.61. The highest BCUT2D eigenvalue weighted by molar-refractivity contribution is 5.56. The number of hydrogen-bond donors (Lipinski definition) is 2. The van der Waals surface area contributed by atoms with Gasteiger partial charge in [-0.1, -0.05) is 12.8 Å². The van der Waals surface area contributed by atoms with Gasteiger partial charge in [0.25, 0.3) is 0 Å². The molecule has 0 radical (unpaired) electrons. The van der Waals surface area contributed by atoms with E-state index in [4.69, 9.17) is 5.73 Å². The van der Waals surface area contributed by atoms with Crippen molar-refractivity contribution in [3.8, 4) is 0 Å². The summed E-state index contributed by atoms with van der Waals surface area (Å²) >= 11 is 0. The number of benzene rings is 1. The van der Waals surface area contributed by atoms with Crippen molar-refractivity contribution >= 4 is 11.4 Å². The second kappa shape index (κ2) is 5.19. The van der Waals surface area contributed by atoms with Crippen LogP contribution in [0.4, 0.5) is 11.4 Å². The third-order valence-electron chi connectivity index (χ3n) is 4.37. The Bertz CT molecular complexity index is 406. The molecule has 1 saturated carbocycles. The normalized spacial score (nSPS) is 18.2. The lowest BCUT2D eigenvalue weighted by atomic mass is 9.96. The molecule has 1 aromatic rings. The summed E-state index contributed by atoms with van der Waals surface area (Å²) in [7, 11) is 4.39. The number of aryl methyl sites for hydroxylation is 1. The maximum absolute atomic E-state index is 5.85. The van der Waals surface area contributed by atoms with Crippen molar-refractivity contribution in [2.45, 2.75) is 38.1 Å². The van der Waals surface area contributed by atoms with E-state index >= 15 is 0 Å². The van der Waals surface area contributed by atoms with Crippen LogP contribution in [-0.2, 0) is 0 Å². The lowest BCUT2D eigenvalue weighted by Crippen LogP contribution is -2.47. The summed E-state index contributed by atoms with van der Waals surface area (Å²) in [4.78, 5) is 2.39. The lowest BCUT2D eigenvalue weighted by molar-refractivity contribution is 0.172. The Balaban J connectivity index is 2.03. The van der Waals surface area contributed by atoms with E-state index in [1.807, 2.05) is 6.07 Å². The Morgan fingerprint density at radius 1 is 1.28 bits per heavy atom. The molecule has 100 valence electrons. The standard InChI is InChI=1S/C15H25N3/c1-12-10-13(6-7-14(12)16)17-11-15(18(2)3)8-4-5-9-15/h6-7,10,17H,4-5,8-9,11,16H2,1-3H3. The summed E-state index contributed by atoms with van der Waals surface area (Å²) in [5.74, 6) is 0. The van der Waals surface area contributed by atoms with Crippen molar-refractivity contribution in [3.05, 3.63) is 23.8 Å². The predicted molar refractivity (Wildman–Crippen MR) is 79.0 cm³/mol. The van der Waals surface area contributed by atoms with Crippen molar-refractivity contribution < 1.29 is 0 Å². The molecule has 1 aliphatic rings. The Labute approximate surface area is 110 Å². The molecule has 0 bridgehead atoms. The van der Waals surface area contributed by atoms with Crippen LogP contribution >= 0.6 is 0 Å². The van der Waals surface area contributed by atoms with Crippen LogP contribution in [0.25, 0.3) is 0 Å². The number of nitrogens with zero attached hydrogens (tertiary/aromatic N) is 1. The SMILES string of the molecule is Cc1cc(NCC2(N(C)C)CCCC2)ccc1N. The molecule has 3 N–H and O–H groups in total. The van der Waals surface area contributed by atoms with E-state index in [9.17, 15) is 0 Å². The molecule has 3 nitrogen and oxygen atoms in total. The molecule has 0 atom stereocenters. The molecule has 1 aromatic carbocycles. The minimum atomic E-state index is 0.329. The monoisotopic (exact) mass is 247 g/mol. The average molecular weight is 247 g/mol. The van der Waals surface area contributed by atoms with Crippen LogP contribution in [0.2, 0.25) is 0 Å². The zero-order valence-electron chi connectivity index (χ0n) is 11.8. The fourth-order valence-electron chi connectivity index (χ4n) is 2.87. The minimum Gasteiger partial charge on any atom is -0.399 e. The predicted octanol–water partition coefficient (Wildman–Crippen LogP) is 2.86. The molecular formula is C15H25N3. The van der Waals surface area contributed by atoms with Crippen LogP contribution in [0.5, 0.6) is 0 Å². The number of rotatable bonds is 4. The van der Waals surface area contributed by atoms with Crippen LogP contribution in [0, 0.1) is 6.92 Å². The second-order valence-electron chi connectivity index (χ2n) is 5.75. The van der Waals surface area contributed by atoms with Crippen LogP contribution in [0.15, 0.2) is 18.2 Å². The van der Waals surface area contributed by atoms with Gasteiger partial charge in [-0.2, -0.15) is 0 Å². The molecular weight excluding hydrogens is 222 g/mol. The van der Waals surface area contributed by atoms with Crippen molar-refractivity contribution in [2.75, 3.05) is 31.7 Å². The second-order valence-corrected chi connectivity index (χ2v) is 5.75. The van der Waals surface area contributed by atoms with Crippen LogP contribution in [-0.4, -0.2) is 31.1 Å². The maximum atomic E-state index is 5.85. The van der Waals surface area contributed by atoms with E-state index in [-0.39, 0.29) is 0 Å². The van der Waals surface area contributed by atoms with E-state index < -0.39 is 0 Å². The van der Waals surface area contributed by atoms with Crippen LogP contribution in [0.1, 0.15) is 31.2 Å². The molecule has 1 fully saturated rings. The van der Waals surface area contributed by atoms with E-state index in [1.54, 1.807) is 0 Å². The maximum Gasteiger partial charge on any atom is 0.0375 e. The first-order chi connectivity index (χ1) is 8.53. The first-order valence-electron chi connectivity index (χ1n) is 6.81. The Morgan fingerprint density at radius 3 is 2.50 bits per heavy atom. The summed E-state index contributed by atoms with van der Waals surface area (Å²) < 4.78 is 0. The topological polar surface area (TPSA) is 41.3 Å². The third-order valence-corrected chi connectivity index (χ3v) is 4.37. The highest BCUT2D eigenvalue weighted by Crippen LogP contribution is 2.34. The number of nitrogen functional groups attached to an aromatic ring is 1. The molecule has 0 saturated heterocycles. The number of nitrogens with one attached hydrogen (secondary N) is 1. The molecule has 0 spiro atoms. The highest BCUT2D eigenvalue weighted by atomic mass is 15.2. The summed E-state index contributed by atoms with van der Waals surface area (Å²) in [5.41, 5.74) is 9.36. The quantitative estimate of drug-likeness (QED) is 0.804. The van der Waals surface area contributed by atoms with Crippen molar-refractivity contribution in [3.63, 3.8) is 0 Å². The van der Waals surface area contributed by atoms with Gasteiger partial charge in [0.2, 0.25) is 0 Å². The Morgan fingerprint density at radius 2 is 1.94 bits per heavy atom. The van der Waals surface area contributed by atoms with Gasteiger partial charge in [0.1, 0.15) is 0 Å². The summed E-state index contributed by atoms with van der Waals surface area (Å²) in [6, 6.07) is 6.18.